The molecule has 1 aromatic heterocycles. The Kier molecular flexibility index (Phi) is 3.97. The third-order valence-electron chi connectivity index (χ3n) is 3.99. The molecule has 1 aliphatic heterocycles. The minimum absolute atomic E-state index is 0.858. The monoisotopic (exact) mass is 265 g/mol. The van der Waals surface area contributed by atoms with Gasteiger partial charge in [-0.15, -0.1) is 11.3 Å². The first-order chi connectivity index (χ1) is 8.79. The van der Waals surface area contributed by atoms with Gasteiger partial charge in [-0.3, -0.25) is 0 Å². The lowest BCUT2D eigenvalue weighted by atomic mass is 10.1. The fourth-order valence-corrected chi connectivity index (χ4v) is 3.35. The number of thiazole rings is 1. The minimum Gasteiger partial charge on any atom is -0.314 e. The van der Waals surface area contributed by atoms with E-state index >= 15 is 0 Å². The first-order valence-corrected chi connectivity index (χ1v) is 8.04. The standard InChI is InChI=1S/C14H23N3S/c1-11-16-14(10-18-11)5-7-17-6-4-12(9-17)8-15-13-2-3-13/h10,12-13,15H,2-9H2,1H3. The topological polar surface area (TPSA) is 28.2 Å². The van der Waals surface area contributed by atoms with Crippen LogP contribution in [0.3, 0.4) is 0 Å². The summed E-state index contributed by atoms with van der Waals surface area (Å²) >= 11 is 1.77. The maximum absolute atomic E-state index is 4.54. The van der Waals surface area contributed by atoms with Crippen LogP contribution in [0.4, 0.5) is 0 Å². The van der Waals surface area contributed by atoms with Crippen LogP contribution in [0.2, 0.25) is 0 Å². The van der Waals surface area contributed by atoms with Crippen molar-refractivity contribution in [2.45, 2.75) is 38.6 Å². The van der Waals surface area contributed by atoms with E-state index in [-0.39, 0.29) is 0 Å². The molecule has 0 spiro atoms. The zero-order valence-electron chi connectivity index (χ0n) is 11.2. The highest BCUT2D eigenvalue weighted by molar-refractivity contribution is 7.09. The summed E-state index contributed by atoms with van der Waals surface area (Å²) in [5, 5.41) is 7.06. The van der Waals surface area contributed by atoms with E-state index in [9.17, 15) is 0 Å². The van der Waals surface area contributed by atoms with Crippen molar-refractivity contribution in [1.82, 2.24) is 15.2 Å². The van der Waals surface area contributed by atoms with E-state index in [0.29, 0.717) is 0 Å². The van der Waals surface area contributed by atoms with Crippen molar-refractivity contribution in [2.24, 2.45) is 5.92 Å². The lowest BCUT2D eigenvalue weighted by Gasteiger charge is -2.15. The molecule has 2 aliphatic rings. The van der Waals surface area contributed by atoms with Crippen molar-refractivity contribution in [3.63, 3.8) is 0 Å². The minimum atomic E-state index is 0.858. The number of aromatic nitrogens is 1. The van der Waals surface area contributed by atoms with Gasteiger partial charge in [0.05, 0.1) is 10.7 Å². The highest BCUT2D eigenvalue weighted by Gasteiger charge is 2.25. The van der Waals surface area contributed by atoms with Gasteiger partial charge in [-0.1, -0.05) is 0 Å². The molecule has 1 unspecified atom stereocenters. The van der Waals surface area contributed by atoms with E-state index in [4.69, 9.17) is 0 Å². The Balaban J connectivity index is 1.36. The Morgan fingerprint density at radius 1 is 1.44 bits per heavy atom. The van der Waals surface area contributed by atoms with E-state index in [1.165, 1.54) is 56.1 Å². The number of likely N-dealkylation sites (tertiary alicyclic amines) is 1. The van der Waals surface area contributed by atoms with Gasteiger partial charge in [0, 0.05) is 30.9 Å². The van der Waals surface area contributed by atoms with Crippen LogP contribution in [0, 0.1) is 12.8 Å². The second-order valence-electron chi connectivity index (χ2n) is 5.75. The van der Waals surface area contributed by atoms with E-state index in [1.54, 1.807) is 11.3 Å². The van der Waals surface area contributed by atoms with Crippen LogP contribution in [0.1, 0.15) is 30.0 Å². The second kappa shape index (κ2) is 5.68. The molecule has 100 valence electrons. The van der Waals surface area contributed by atoms with Crippen molar-refractivity contribution < 1.29 is 0 Å². The summed E-state index contributed by atoms with van der Waals surface area (Å²) in [5.74, 6) is 0.878. The summed E-state index contributed by atoms with van der Waals surface area (Å²) in [6.07, 6.45) is 5.29. The van der Waals surface area contributed by atoms with Gasteiger partial charge in [-0.05, 0) is 45.2 Å². The second-order valence-corrected chi connectivity index (χ2v) is 6.81. The van der Waals surface area contributed by atoms with Gasteiger partial charge in [0.15, 0.2) is 0 Å². The van der Waals surface area contributed by atoms with Gasteiger partial charge in [-0.2, -0.15) is 0 Å². The van der Waals surface area contributed by atoms with Crippen molar-refractivity contribution in [2.75, 3.05) is 26.2 Å². The Hall–Kier alpha value is -0.450. The molecule has 4 heteroatoms. The van der Waals surface area contributed by atoms with Crippen LogP contribution in [-0.4, -0.2) is 42.1 Å². The van der Waals surface area contributed by atoms with Crippen LogP contribution in [0.25, 0.3) is 0 Å². The number of nitrogens with one attached hydrogen (secondary N) is 1. The van der Waals surface area contributed by atoms with Crippen LogP contribution in [0.5, 0.6) is 0 Å². The molecule has 2 fully saturated rings. The van der Waals surface area contributed by atoms with Gasteiger partial charge in [-0.25, -0.2) is 4.98 Å². The highest BCUT2D eigenvalue weighted by Crippen LogP contribution is 2.21. The lowest BCUT2D eigenvalue weighted by molar-refractivity contribution is 0.324. The maximum Gasteiger partial charge on any atom is 0.0897 e. The van der Waals surface area contributed by atoms with E-state index in [2.05, 4.69) is 27.5 Å². The molecule has 3 nitrogen and oxygen atoms in total. The number of nitrogens with zero attached hydrogens (tertiary/aromatic N) is 2. The summed E-state index contributed by atoms with van der Waals surface area (Å²) < 4.78 is 0. The Labute approximate surface area is 114 Å². The molecule has 0 bridgehead atoms. The average molecular weight is 265 g/mol. The third kappa shape index (κ3) is 3.53. The van der Waals surface area contributed by atoms with Crippen molar-refractivity contribution in [1.29, 1.82) is 0 Å². The highest BCUT2D eigenvalue weighted by atomic mass is 32.1. The molecule has 0 radical (unpaired) electrons. The van der Waals surface area contributed by atoms with Gasteiger partial charge < -0.3 is 10.2 Å². The summed E-state index contributed by atoms with van der Waals surface area (Å²) in [4.78, 5) is 7.14. The number of aryl methyl sites for hydroxylation is 1. The van der Waals surface area contributed by atoms with E-state index in [1.807, 2.05) is 0 Å². The zero-order chi connectivity index (χ0) is 12.4. The predicted octanol–water partition coefficient (Wildman–Crippen LogP) is 2.07. The zero-order valence-corrected chi connectivity index (χ0v) is 12.0. The number of hydrogen-bond donors (Lipinski definition) is 1. The fourth-order valence-electron chi connectivity index (χ4n) is 2.70. The molecule has 1 saturated carbocycles. The number of rotatable bonds is 6. The summed E-state index contributed by atoms with van der Waals surface area (Å²) in [7, 11) is 0. The third-order valence-corrected chi connectivity index (χ3v) is 4.82. The molecule has 1 N–H and O–H groups in total. The van der Waals surface area contributed by atoms with E-state index in [0.717, 1.165) is 18.4 Å². The first kappa shape index (κ1) is 12.6. The molecule has 1 saturated heterocycles. The number of hydrogen-bond acceptors (Lipinski definition) is 4. The van der Waals surface area contributed by atoms with Gasteiger partial charge in [0.2, 0.25) is 0 Å². The molecule has 0 amide bonds. The molecule has 1 atom stereocenters. The first-order valence-electron chi connectivity index (χ1n) is 7.16. The Morgan fingerprint density at radius 3 is 3.06 bits per heavy atom. The summed E-state index contributed by atoms with van der Waals surface area (Å²) in [5.41, 5.74) is 1.28. The van der Waals surface area contributed by atoms with Crippen molar-refractivity contribution >= 4 is 11.3 Å². The normalized spacial score (nSPS) is 24.8. The van der Waals surface area contributed by atoms with Crippen LogP contribution < -0.4 is 5.32 Å². The molecule has 2 heterocycles. The lowest BCUT2D eigenvalue weighted by Crippen LogP contribution is -2.28. The van der Waals surface area contributed by atoms with Crippen LogP contribution >= 0.6 is 11.3 Å². The average Bonchev–Trinajstić information content (AvgIpc) is 2.93. The SMILES string of the molecule is Cc1nc(CCN2CCC(CNC3CC3)C2)cs1. The quantitative estimate of drug-likeness (QED) is 0.853. The maximum atomic E-state index is 4.54. The molecule has 1 aliphatic carbocycles. The van der Waals surface area contributed by atoms with Gasteiger partial charge in [0.25, 0.3) is 0 Å². The van der Waals surface area contributed by atoms with Crippen molar-refractivity contribution in [3.05, 3.63) is 16.1 Å². The fraction of sp³-hybridized carbons (Fsp3) is 0.786. The largest absolute Gasteiger partial charge is 0.314 e. The van der Waals surface area contributed by atoms with E-state index < -0.39 is 0 Å². The smallest absolute Gasteiger partial charge is 0.0897 e. The predicted molar refractivity (Wildman–Crippen MR) is 76.1 cm³/mol. The Bertz CT molecular complexity index is 386. The van der Waals surface area contributed by atoms with Crippen LogP contribution in [-0.2, 0) is 6.42 Å². The summed E-state index contributed by atoms with van der Waals surface area (Å²) in [6, 6.07) is 0.858. The van der Waals surface area contributed by atoms with Crippen molar-refractivity contribution in [3.8, 4) is 0 Å². The van der Waals surface area contributed by atoms with Gasteiger partial charge in [0.1, 0.15) is 0 Å². The molecule has 3 rings (SSSR count). The molecule has 18 heavy (non-hydrogen) atoms. The molecular formula is C14H23N3S. The molecular weight excluding hydrogens is 242 g/mol. The molecule has 1 aromatic rings. The van der Waals surface area contributed by atoms with Crippen LogP contribution in [0.15, 0.2) is 5.38 Å². The van der Waals surface area contributed by atoms with Gasteiger partial charge >= 0.3 is 0 Å². The Morgan fingerprint density at radius 2 is 2.33 bits per heavy atom. The molecule has 0 aromatic carbocycles. The summed E-state index contributed by atoms with van der Waals surface area (Å²) in [6.45, 7) is 7.06.